The molecule has 0 aliphatic carbocycles. The van der Waals surface area contributed by atoms with E-state index in [1.807, 2.05) is 66.7 Å². The third kappa shape index (κ3) is 13.4. The lowest BCUT2D eigenvalue weighted by atomic mass is 9.99. The number of rotatable bonds is 14. The molecule has 212 valence electrons. The lowest BCUT2D eigenvalue weighted by Crippen LogP contribution is -2.49. The van der Waals surface area contributed by atoms with Gasteiger partial charge in [0.05, 0.1) is 30.8 Å². The third-order valence-corrected chi connectivity index (χ3v) is 6.16. The number of aliphatic hydroxyl groups excluding tert-OH is 2. The largest absolute Gasteiger partial charge is 0.390 e. The van der Waals surface area contributed by atoms with Crippen molar-refractivity contribution >= 4 is 33.1 Å². The summed E-state index contributed by atoms with van der Waals surface area (Å²) in [5.74, 6) is -1.41. The highest BCUT2D eigenvalue weighted by atomic mass is 16.3. The zero-order chi connectivity index (χ0) is 30.0. The van der Waals surface area contributed by atoms with Crippen LogP contribution >= 0.6 is 0 Å². The first-order chi connectivity index (χ1) is 19.7. The van der Waals surface area contributed by atoms with Gasteiger partial charge in [0.25, 0.3) is 0 Å². The van der Waals surface area contributed by atoms with Gasteiger partial charge in [-0.05, 0) is 24.0 Å². The zero-order valence-corrected chi connectivity index (χ0v) is 22.9. The van der Waals surface area contributed by atoms with Crippen LogP contribution in [0.1, 0.15) is 21.5 Å². The van der Waals surface area contributed by atoms with Crippen LogP contribution in [0.25, 0.3) is 0 Å². The minimum Gasteiger partial charge on any atom is -0.390 e. The molecule has 0 unspecified atom stereocenters. The Labute approximate surface area is 243 Å². The van der Waals surface area contributed by atoms with Crippen LogP contribution in [-0.2, 0) is 12.8 Å². The number of nitrogens with one attached hydrogen (secondary N) is 3. The molecular formula is C30H36B2N4O5. The Bertz CT molecular complexity index is 1190. The summed E-state index contributed by atoms with van der Waals surface area (Å²) in [6, 6.07) is 27.0. The van der Waals surface area contributed by atoms with Crippen molar-refractivity contribution in [1.82, 2.24) is 16.0 Å². The van der Waals surface area contributed by atoms with Crippen molar-refractivity contribution in [3.8, 4) is 0 Å². The van der Waals surface area contributed by atoms with Gasteiger partial charge in [-0.25, -0.2) is 0 Å². The second-order valence-corrected chi connectivity index (χ2v) is 9.40. The van der Waals surface area contributed by atoms with Crippen LogP contribution in [0.3, 0.4) is 0 Å². The monoisotopic (exact) mass is 554 g/mol. The summed E-state index contributed by atoms with van der Waals surface area (Å²) in [6.07, 6.45) is -0.731. The van der Waals surface area contributed by atoms with Crippen molar-refractivity contribution in [3.63, 3.8) is 0 Å². The quantitative estimate of drug-likeness (QED) is 0.129. The highest BCUT2D eigenvalue weighted by molar-refractivity contribution is 6.57. The fraction of sp³-hybridized carbons (Fsp3) is 0.300. The Morgan fingerprint density at radius 3 is 1.51 bits per heavy atom. The maximum Gasteiger partial charge on any atom is 0.200 e. The molecule has 7 N–H and O–H groups in total. The van der Waals surface area contributed by atoms with Gasteiger partial charge >= 0.3 is 0 Å². The zero-order valence-electron chi connectivity index (χ0n) is 22.9. The number of carbonyl (C=O) groups excluding carboxylic acids is 3. The van der Waals surface area contributed by atoms with E-state index in [2.05, 4.69) is 16.0 Å². The Kier molecular flexibility index (Phi) is 15.1. The van der Waals surface area contributed by atoms with Crippen molar-refractivity contribution in [2.75, 3.05) is 19.6 Å². The summed E-state index contributed by atoms with van der Waals surface area (Å²) in [5, 5.41) is 28.0. The van der Waals surface area contributed by atoms with E-state index in [4.69, 9.17) is 21.4 Å². The van der Waals surface area contributed by atoms with E-state index in [1.54, 1.807) is 24.3 Å². The topological polar surface area (TPSA) is 154 Å². The van der Waals surface area contributed by atoms with Crippen molar-refractivity contribution in [3.05, 3.63) is 108 Å². The van der Waals surface area contributed by atoms with Crippen molar-refractivity contribution < 1.29 is 24.6 Å². The van der Waals surface area contributed by atoms with E-state index in [0.717, 1.165) is 11.1 Å². The van der Waals surface area contributed by atoms with Gasteiger partial charge in [0.1, 0.15) is 0 Å². The molecule has 4 radical (unpaired) electrons. The van der Waals surface area contributed by atoms with Gasteiger partial charge in [0.2, 0.25) is 15.7 Å². The minimum atomic E-state index is -0.878. The molecule has 0 spiro atoms. The molecule has 11 heteroatoms. The highest BCUT2D eigenvalue weighted by Crippen LogP contribution is 2.07. The summed E-state index contributed by atoms with van der Waals surface area (Å²) in [4.78, 5) is 34.0. The molecular weight excluding hydrogens is 518 g/mol. The van der Waals surface area contributed by atoms with Crippen LogP contribution < -0.4 is 21.7 Å². The summed E-state index contributed by atoms with van der Waals surface area (Å²) in [5.41, 5.74) is 7.95. The fourth-order valence-electron chi connectivity index (χ4n) is 4.03. The van der Waals surface area contributed by atoms with Gasteiger partial charge in [0, 0.05) is 18.7 Å². The third-order valence-electron chi connectivity index (χ3n) is 6.16. The molecule has 2 amide bonds. The van der Waals surface area contributed by atoms with Gasteiger partial charge < -0.3 is 31.9 Å². The van der Waals surface area contributed by atoms with Crippen molar-refractivity contribution in [2.45, 2.75) is 37.1 Å². The summed E-state index contributed by atoms with van der Waals surface area (Å²) in [7, 11) is 10.2. The first-order valence-electron chi connectivity index (χ1n) is 13.2. The molecule has 0 aromatic heterocycles. The first kappa shape index (κ1) is 33.4. The molecule has 0 saturated carbocycles. The van der Waals surface area contributed by atoms with Crippen LogP contribution in [0.4, 0.5) is 9.59 Å². The number of carbonyl (C=O) groups is 3. The van der Waals surface area contributed by atoms with Gasteiger partial charge in [0.15, 0.2) is 17.4 Å². The van der Waals surface area contributed by atoms with Crippen LogP contribution in [0.5, 0.6) is 0 Å². The highest BCUT2D eigenvalue weighted by Gasteiger charge is 2.21. The van der Waals surface area contributed by atoms with Crippen LogP contribution in [0.2, 0.25) is 0 Å². The first-order valence-corrected chi connectivity index (χ1v) is 13.2. The second-order valence-electron chi connectivity index (χ2n) is 9.40. The molecule has 41 heavy (non-hydrogen) atoms. The molecule has 3 rings (SSSR count). The number of hydrogen-bond acceptors (Lipinski definition) is 7. The molecule has 0 heterocycles. The molecule has 9 nitrogen and oxygen atoms in total. The van der Waals surface area contributed by atoms with Crippen LogP contribution in [-0.4, -0.2) is 87.2 Å². The van der Waals surface area contributed by atoms with E-state index in [-0.39, 0.29) is 25.4 Å². The average molecular weight is 554 g/mol. The molecule has 0 aliphatic heterocycles. The van der Waals surface area contributed by atoms with E-state index >= 15 is 0 Å². The van der Waals surface area contributed by atoms with Crippen LogP contribution in [0, 0.1) is 0 Å². The number of aliphatic hydroxyl groups is 2. The number of hydrogen-bond donors (Lipinski definition) is 6. The normalized spacial score (nSPS) is 13.4. The molecule has 4 atom stereocenters. The van der Waals surface area contributed by atoms with Gasteiger partial charge in [-0.2, -0.15) is 0 Å². The number of ketones is 1. The summed E-state index contributed by atoms with van der Waals surface area (Å²) < 4.78 is 0. The Morgan fingerprint density at radius 1 is 0.683 bits per heavy atom. The van der Waals surface area contributed by atoms with Gasteiger partial charge in [-0.1, -0.05) is 91.0 Å². The van der Waals surface area contributed by atoms with Gasteiger partial charge in [-0.15, -0.1) is 0 Å². The maximum atomic E-state index is 12.0. The Balaban J connectivity index is 0.000000317. The predicted molar refractivity (Wildman–Crippen MR) is 161 cm³/mol. The van der Waals surface area contributed by atoms with E-state index in [9.17, 15) is 24.6 Å². The molecule has 0 aliphatic rings. The molecule has 0 saturated heterocycles. The number of Topliss-reactive ketones (excluding diaryl/α,β-unsaturated/α-hetero) is 1. The van der Waals surface area contributed by atoms with E-state index in [1.165, 1.54) is 0 Å². The molecule has 0 bridgehead atoms. The second kappa shape index (κ2) is 18.6. The molecule has 3 aromatic carbocycles. The SMILES string of the molecule is [B]C(=O)N[C@@H](Cc1ccccc1)[C@H](O)CN.[B]C(=O)N[C@@H](Cc1ccccc1)[C@H](O)CNCC(=O)c1ccccc1. The lowest BCUT2D eigenvalue weighted by molar-refractivity contribution is 0.0971. The molecule has 3 aromatic rings. The number of benzene rings is 3. The fourth-order valence-corrected chi connectivity index (χ4v) is 4.03. The Hall–Kier alpha value is -3.76. The number of amides is 2. The van der Waals surface area contributed by atoms with Gasteiger partial charge in [-0.3, -0.25) is 14.4 Å². The van der Waals surface area contributed by atoms with E-state index in [0.29, 0.717) is 18.4 Å². The molecule has 0 fully saturated rings. The summed E-state index contributed by atoms with van der Waals surface area (Å²) >= 11 is 0. The van der Waals surface area contributed by atoms with Crippen molar-refractivity contribution in [1.29, 1.82) is 0 Å². The van der Waals surface area contributed by atoms with E-state index < -0.39 is 35.9 Å². The smallest absolute Gasteiger partial charge is 0.200 e. The Morgan fingerprint density at radius 2 is 1.10 bits per heavy atom. The number of nitrogens with two attached hydrogens (primary N) is 1. The average Bonchev–Trinajstić information content (AvgIpc) is 2.97. The maximum absolute atomic E-state index is 12.0. The lowest BCUT2D eigenvalue weighted by Gasteiger charge is -2.24. The predicted octanol–water partition coefficient (Wildman–Crippen LogP) is 1.10. The van der Waals surface area contributed by atoms with Crippen molar-refractivity contribution in [2.24, 2.45) is 5.73 Å². The summed E-state index contributed by atoms with van der Waals surface area (Å²) in [6.45, 7) is 0.351. The van der Waals surface area contributed by atoms with Crippen LogP contribution in [0.15, 0.2) is 91.0 Å². The minimum absolute atomic E-state index is 0.0599. The standard InChI is InChI=1S/C19H21BN2O3.C11H15BN2O2/c20-19(25)22-16(11-14-7-3-1-4-8-14)18(24)13-21-12-17(23)15-9-5-2-6-10-15;12-11(16)14-9(10(15)7-13)6-8-4-2-1-3-5-8/h1-10,16,18,21,24H,11-13H2,(H,22,25);1-5,9-10,15H,6-7,13H2,(H,14,16)/t16-,18+;9-,10+/m00/s1.